The van der Waals surface area contributed by atoms with Crippen LogP contribution in [-0.4, -0.2) is 12.2 Å². The van der Waals surface area contributed by atoms with Gasteiger partial charge in [-0.05, 0) is 44.2 Å². The Labute approximate surface area is 132 Å². The fourth-order valence-corrected chi connectivity index (χ4v) is 3.36. The molecule has 0 bridgehead atoms. The van der Waals surface area contributed by atoms with Crippen LogP contribution in [-0.2, 0) is 0 Å². The molecule has 1 saturated carbocycles. The maximum absolute atomic E-state index is 12.6. The minimum absolute atomic E-state index is 0.0383. The second kappa shape index (κ2) is 6.76. The van der Waals surface area contributed by atoms with Gasteiger partial charge in [-0.3, -0.25) is 0 Å². The Morgan fingerprint density at radius 1 is 1.14 bits per heavy atom. The first kappa shape index (κ1) is 16.9. The molecule has 1 N–H and O–H groups in total. The lowest BCUT2D eigenvalue weighted by atomic mass is 9.85. The predicted octanol–water partition coefficient (Wildman–Crippen LogP) is 5.77. The van der Waals surface area contributed by atoms with E-state index in [2.05, 4.69) is 5.32 Å². The molecule has 1 fully saturated rings. The van der Waals surface area contributed by atoms with E-state index in [1.54, 1.807) is 6.07 Å². The summed E-state index contributed by atoms with van der Waals surface area (Å²) in [4.78, 5) is 0. The molecular formula is C15H18Cl2F3N. The van der Waals surface area contributed by atoms with Crippen molar-refractivity contribution in [3.8, 4) is 0 Å². The molecule has 2 rings (SSSR count). The summed E-state index contributed by atoms with van der Waals surface area (Å²) in [5.74, 6) is -1.15. The van der Waals surface area contributed by atoms with E-state index in [-0.39, 0.29) is 24.9 Å². The number of alkyl halides is 3. The van der Waals surface area contributed by atoms with Crippen LogP contribution in [0.4, 0.5) is 13.2 Å². The third-order valence-electron chi connectivity index (χ3n) is 4.12. The summed E-state index contributed by atoms with van der Waals surface area (Å²) in [5, 5.41) is 4.36. The van der Waals surface area contributed by atoms with E-state index in [1.807, 2.05) is 19.1 Å². The summed E-state index contributed by atoms with van der Waals surface area (Å²) >= 11 is 12.2. The van der Waals surface area contributed by atoms with Gasteiger partial charge in [0.2, 0.25) is 0 Å². The first-order valence-corrected chi connectivity index (χ1v) is 7.81. The molecule has 0 amide bonds. The van der Waals surface area contributed by atoms with Crippen LogP contribution in [0.5, 0.6) is 0 Å². The highest BCUT2D eigenvalue weighted by Gasteiger charge is 2.41. The van der Waals surface area contributed by atoms with Crippen molar-refractivity contribution < 1.29 is 13.2 Å². The van der Waals surface area contributed by atoms with E-state index in [0.717, 1.165) is 5.56 Å². The van der Waals surface area contributed by atoms with Crippen molar-refractivity contribution >= 4 is 23.2 Å². The molecule has 0 aromatic heterocycles. The maximum atomic E-state index is 12.6. The Bertz CT molecular complexity index is 482. The van der Waals surface area contributed by atoms with Gasteiger partial charge in [0, 0.05) is 12.1 Å². The van der Waals surface area contributed by atoms with E-state index >= 15 is 0 Å². The van der Waals surface area contributed by atoms with Crippen LogP contribution in [0, 0.1) is 5.92 Å². The fourth-order valence-electron chi connectivity index (χ4n) is 2.89. The van der Waals surface area contributed by atoms with Gasteiger partial charge in [0.05, 0.1) is 16.0 Å². The summed E-state index contributed by atoms with van der Waals surface area (Å²) in [6.45, 7) is 1.95. The van der Waals surface area contributed by atoms with E-state index < -0.39 is 12.1 Å². The van der Waals surface area contributed by atoms with Crippen molar-refractivity contribution in [2.24, 2.45) is 5.92 Å². The quantitative estimate of drug-likeness (QED) is 0.737. The highest BCUT2D eigenvalue weighted by Crippen LogP contribution is 2.38. The van der Waals surface area contributed by atoms with Crippen LogP contribution in [0.15, 0.2) is 18.2 Å². The highest BCUT2D eigenvalue weighted by molar-refractivity contribution is 6.42. The minimum atomic E-state index is -4.06. The molecule has 21 heavy (non-hydrogen) atoms. The lowest BCUT2D eigenvalue weighted by Gasteiger charge is -2.32. The molecule has 0 heterocycles. The lowest BCUT2D eigenvalue weighted by Crippen LogP contribution is -2.38. The van der Waals surface area contributed by atoms with E-state index in [9.17, 15) is 13.2 Å². The van der Waals surface area contributed by atoms with Gasteiger partial charge in [-0.2, -0.15) is 13.2 Å². The highest BCUT2D eigenvalue weighted by atomic mass is 35.5. The molecule has 118 valence electrons. The Morgan fingerprint density at radius 2 is 1.76 bits per heavy atom. The zero-order chi connectivity index (χ0) is 15.6. The fraction of sp³-hybridized carbons (Fsp3) is 0.600. The van der Waals surface area contributed by atoms with Gasteiger partial charge >= 0.3 is 6.18 Å². The molecular weight excluding hydrogens is 322 g/mol. The van der Waals surface area contributed by atoms with Crippen LogP contribution in [0.3, 0.4) is 0 Å². The average molecular weight is 340 g/mol. The number of benzene rings is 1. The molecule has 0 aliphatic heterocycles. The summed E-state index contributed by atoms with van der Waals surface area (Å²) in [5.41, 5.74) is 0.877. The van der Waals surface area contributed by atoms with Gasteiger partial charge < -0.3 is 5.32 Å². The van der Waals surface area contributed by atoms with Crippen molar-refractivity contribution in [3.05, 3.63) is 33.8 Å². The van der Waals surface area contributed by atoms with Crippen molar-refractivity contribution in [3.63, 3.8) is 0 Å². The third-order valence-corrected chi connectivity index (χ3v) is 4.96. The van der Waals surface area contributed by atoms with Gasteiger partial charge in [0.15, 0.2) is 0 Å². The molecule has 6 heteroatoms. The largest absolute Gasteiger partial charge is 0.391 e. The molecule has 1 aliphatic rings. The van der Waals surface area contributed by atoms with Crippen molar-refractivity contribution in [2.75, 3.05) is 0 Å². The predicted molar refractivity (Wildman–Crippen MR) is 79.8 cm³/mol. The molecule has 0 radical (unpaired) electrons. The van der Waals surface area contributed by atoms with E-state index in [0.29, 0.717) is 22.9 Å². The zero-order valence-corrected chi connectivity index (χ0v) is 13.2. The van der Waals surface area contributed by atoms with Gasteiger partial charge in [0.25, 0.3) is 0 Å². The van der Waals surface area contributed by atoms with Crippen molar-refractivity contribution in [1.82, 2.24) is 5.32 Å². The third kappa shape index (κ3) is 4.27. The van der Waals surface area contributed by atoms with Crippen molar-refractivity contribution in [1.29, 1.82) is 0 Å². The molecule has 1 aromatic carbocycles. The number of rotatable bonds is 3. The van der Waals surface area contributed by atoms with Crippen LogP contribution in [0.2, 0.25) is 10.0 Å². The molecule has 0 saturated heterocycles. The lowest BCUT2D eigenvalue weighted by molar-refractivity contribution is -0.182. The standard InChI is InChI=1S/C15H18Cl2F3N/c1-9(12-3-2-4-13(16)14(12)17)21-11-7-5-10(6-8-11)15(18,19)20/h2-4,9-11,21H,5-8H2,1H3. The Balaban J connectivity index is 1.93. The zero-order valence-electron chi connectivity index (χ0n) is 11.7. The first-order chi connectivity index (χ1) is 9.79. The summed E-state index contributed by atoms with van der Waals surface area (Å²) in [7, 11) is 0. The van der Waals surface area contributed by atoms with Crippen molar-refractivity contribution in [2.45, 2.75) is 50.9 Å². The molecule has 1 nitrogen and oxygen atoms in total. The second-order valence-corrected chi connectivity index (χ2v) is 6.41. The topological polar surface area (TPSA) is 12.0 Å². The molecule has 1 aromatic rings. The van der Waals surface area contributed by atoms with Gasteiger partial charge in [-0.15, -0.1) is 0 Å². The summed E-state index contributed by atoms with van der Waals surface area (Å²) in [6, 6.07) is 5.47. The number of halogens is 5. The molecule has 1 atom stereocenters. The SMILES string of the molecule is CC(NC1CCC(C(F)(F)F)CC1)c1cccc(Cl)c1Cl. The maximum Gasteiger partial charge on any atom is 0.391 e. The number of hydrogen-bond donors (Lipinski definition) is 1. The summed E-state index contributed by atoms with van der Waals surface area (Å²) < 4.78 is 37.9. The van der Waals surface area contributed by atoms with Gasteiger partial charge in [-0.1, -0.05) is 35.3 Å². The van der Waals surface area contributed by atoms with E-state index in [4.69, 9.17) is 23.2 Å². The normalized spacial score (nSPS) is 24.9. The Morgan fingerprint density at radius 3 is 2.33 bits per heavy atom. The van der Waals surface area contributed by atoms with Crippen LogP contribution >= 0.6 is 23.2 Å². The average Bonchev–Trinajstić information content (AvgIpc) is 2.41. The minimum Gasteiger partial charge on any atom is -0.307 e. The first-order valence-electron chi connectivity index (χ1n) is 7.05. The Hall–Kier alpha value is -0.450. The summed E-state index contributed by atoms with van der Waals surface area (Å²) in [6.07, 6.45) is -2.61. The van der Waals surface area contributed by atoms with E-state index in [1.165, 1.54) is 0 Å². The van der Waals surface area contributed by atoms with Crippen LogP contribution in [0.25, 0.3) is 0 Å². The van der Waals surface area contributed by atoms with Gasteiger partial charge in [0.1, 0.15) is 0 Å². The number of nitrogens with one attached hydrogen (secondary N) is 1. The molecule has 1 unspecified atom stereocenters. The van der Waals surface area contributed by atoms with Gasteiger partial charge in [-0.25, -0.2) is 0 Å². The van der Waals surface area contributed by atoms with Crippen LogP contribution in [0.1, 0.15) is 44.2 Å². The number of hydrogen-bond acceptors (Lipinski definition) is 1. The Kier molecular flexibility index (Phi) is 5.44. The second-order valence-electron chi connectivity index (χ2n) is 5.62. The molecule has 0 spiro atoms. The molecule has 1 aliphatic carbocycles. The smallest absolute Gasteiger partial charge is 0.307 e. The van der Waals surface area contributed by atoms with Crippen LogP contribution < -0.4 is 5.32 Å². The monoisotopic (exact) mass is 339 g/mol.